The van der Waals surface area contributed by atoms with Crippen LogP contribution in [0.5, 0.6) is 0 Å². The molecule has 0 spiro atoms. The summed E-state index contributed by atoms with van der Waals surface area (Å²) in [6.45, 7) is 0. The molecule has 0 aliphatic carbocycles. The summed E-state index contributed by atoms with van der Waals surface area (Å²) in [6.07, 6.45) is 0. The Hall–Kier alpha value is 0.340. The average molecular weight is 512 g/mol. The predicted molar refractivity (Wildman–Crippen MR) is 89.1 cm³/mol. The van der Waals surface area contributed by atoms with Crippen molar-refractivity contribution in [1.82, 2.24) is 0 Å². The normalized spacial score (nSPS) is 9.00. The maximum atomic E-state index is 4.64. The van der Waals surface area contributed by atoms with Crippen molar-refractivity contribution in [3.05, 3.63) is 65.3 Å². The van der Waals surface area contributed by atoms with Crippen LogP contribution in [-0.2, 0) is 25.8 Å². The molecule has 0 bridgehead atoms. The molecule has 5 heteroatoms. The zero-order valence-corrected chi connectivity index (χ0v) is 17.0. The van der Waals surface area contributed by atoms with E-state index < -0.39 is 0 Å². The predicted octanol–water partition coefficient (Wildman–Crippen LogP) is 6.88. The van der Waals surface area contributed by atoms with Crippen LogP contribution in [0.1, 0.15) is 0 Å². The van der Waals surface area contributed by atoms with E-state index in [1.807, 2.05) is 0 Å². The minimum absolute atomic E-state index is 0. The van der Waals surface area contributed by atoms with E-state index in [4.69, 9.17) is 0 Å². The summed E-state index contributed by atoms with van der Waals surface area (Å²) in [5.74, 6) is 0. The molecule has 0 amide bonds. The van der Waals surface area contributed by atoms with Gasteiger partial charge in [0.1, 0.15) is 0 Å². The molecule has 0 fully saturated rings. The van der Waals surface area contributed by atoms with Crippen molar-refractivity contribution >= 4 is 67.9 Å². The Balaban J connectivity index is 0.000000452. The number of rotatable bonds is 0. The van der Waals surface area contributed by atoms with E-state index in [-0.39, 0.29) is 25.8 Å². The molecule has 0 nitrogen and oxygen atoms in total. The minimum atomic E-state index is 0. The van der Waals surface area contributed by atoms with Crippen molar-refractivity contribution in [2.24, 2.45) is 0 Å². The van der Waals surface area contributed by atoms with E-state index in [0.717, 1.165) is 10.7 Å². The third kappa shape index (κ3) is 5.99. The maximum Gasteiger partial charge on any atom is 0 e. The summed E-state index contributed by atoms with van der Waals surface area (Å²) in [5, 5.41) is 7.28. The van der Waals surface area contributed by atoms with E-state index in [2.05, 4.69) is 101 Å². The maximum absolute atomic E-state index is 4.64. The van der Waals surface area contributed by atoms with Crippen molar-refractivity contribution in [3.63, 3.8) is 0 Å². The van der Waals surface area contributed by atoms with Gasteiger partial charge in [-0.2, -0.15) is 10.7 Å². The summed E-state index contributed by atoms with van der Waals surface area (Å²) in [7, 11) is 0. The second-order valence-electron chi connectivity index (χ2n) is 3.48. The smallest absolute Gasteiger partial charge is 0 e. The molecule has 0 atom stereocenters. The molecule has 0 aliphatic heterocycles. The van der Waals surface area contributed by atoms with Crippen LogP contribution < -0.4 is 0 Å². The van der Waals surface area contributed by atoms with Gasteiger partial charge in [0.05, 0.1) is 0 Å². The van der Waals surface area contributed by atoms with E-state index in [1.165, 1.54) is 21.5 Å². The molecule has 0 heterocycles. The Morgan fingerprint density at radius 1 is 0.650 bits per heavy atom. The van der Waals surface area contributed by atoms with Crippen molar-refractivity contribution < 1.29 is 25.8 Å². The van der Waals surface area contributed by atoms with Gasteiger partial charge in [0, 0.05) is 25.8 Å². The quantitative estimate of drug-likeness (QED) is 0.228. The molecule has 0 unspecified atom stereocenters. The monoisotopic (exact) mass is 511 g/mol. The number of fused-ring (bicyclic) bond motifs is 3. The van der Waals surface area contributed by atoms with Crippen molar-refractivity contribution in [2.45, 2.75) is 0 Å². The Morgan fingerprint density at radius 3 is 1.30 bits per heavy atom. The fourth-order valence-electron chi connectivity index (χ4n) is 1.90. The summed E-state index contributed by atoms with van der Waals surface area (Å²) in [4.78, 5) is 0. The van der Waals surface area contributed by atoms with Gasteiger partial charge in [0.2, 0.25) is 0 Å². The Kier molecular flexibility index (Phi) is 12.1. The molecule has 0 aromatic heterocycles. The van der Waals surface area contributed by atoms with Crippen LogP contribution in [0.3, 0.4) is 0 Å². The van der Waals surface area contributed by atoms with Crippen LogP contribution in [0.15, 0.2) is 54.6 Å². The second-order valence-corrected chi connectivity index (χ2v) is 4.80. The average Bonchev–Trinajstić information content (AvgIpc) is 2.79. The van der Waals surface area contributed by atoms with Gasteiger partial charge in [-0.05, 0) is 0 Å². The van der Waals surface area contributed by atoms with Crippen LogP contribution in [0, 0.1) is 10.7 Å². The Labute approximate surface area is 158 Å². The first-order valence-corrected chi connectivity index (χ1v) is 7.10. The van der Waals surface area contributed by atoms with Crippen molar-refractivity contribution in [2.75, 3.05) is 0 Å². The van der Waals surface area contributed by atoms with E-state index in [9.17, 15) is 0 Å². The van der Waals surface area contributed by atoms with Crippen LogP contribution >= 0.6 is 46.4 Å². The van der Waals surface area contributed by atoms with Gasteiger partial charge in [-0.1, -0.05) is 36.4 Å². The number of benzene rings is 2. The first-order chi connectivity index (χ1) is 9.28. The number of hydrogen-bond acceptors (Lipinski definition) is 0. The van der Waals surface area contributed by atoms with Gasteiger partial charge in [-0.15, -0.1) is 39.7 Å². The fourth-order valence-corrected chi connectivity index (χ4v) is 1.90. The van der Waals surface area contributed by atoms with Crippen LogP contribution in [0.4, 0.5) is 0 Å². The topological polar surface area (TPSA) is 0 Å². The Morgan fingerprint density at radius 2 is 0.950 bits per heavy atom. The molecule has 3 aromatic carbocycles. The Bertz CT molecular complexity index is 554. The molecule has 0 saturated carbocycles. The molecule has 3 aromatic rings. The van der Waals surface area contributed by atoms with Gasteiger partial charge in [-0.25, -0.2) is 0 Å². The SMILES string of the molecule is Cl[CH-]Cl.Cl[CH-]Cl.[Hf].c1ccc2c(c1)[cH-]c1ccccc12. The van der Waals surface area contributed by atoms with Crippen molar-refractivity contribution in [1.29, 1.82) is 0 Å². The molecule has 106 valence electrons. The third-order valence-electron chi connectivity index (χ3n) is 2.52. The van der Waals surface area contributed by atoms with E-state index in [0.29, 0.717) is 0 Å². The number of halogens is 4. The molecule has 0 radical (unpaired) electrons. The van der Waals surface area contributed by atoms with Gasteiger partial charge < -0.3 is 46.4 Å². The van der Waals surface area contributed by atoms with Crippen molar-refractivity contribution in [3.8, 4) is 0 Å². The molecule has 0 aliphatic rings. The first-order valence-electron chi connectivity index (χ1n) is 5.35. The first kappa shape index (κ1) is 20.3. The zero-order valence-electron chi connectivity index (χ0n) is 10.4. The largest absolute Gasteiger partial charge is 0.333 e. The van der Waals surface area contributed by atoms with E-state index in [1.54, 1.807) is 0 Å². The molecule has 20 heavy (non-hydrogen) atoms. The second kappa shape index (κ2) is 11.9. The van der Waals surface area contributed by atoms with Gasteiger partial charge in [0.15, 0.2) is 0 Å². The molecular formula is C15H11Cl4Hf-3. The summed E-state index contributed by atoms with van der Waals surface area (Å²) in [5.41, 5.74) is 0. The number of hydrogen-bond donors (Lipinski definition) is 0. The zero-order chi connectivity index (χ0) is 14.1. The van der Waals surface area contributed by atoms with Crippen LogP contribution in [0.25, 0.3) is 21.5 Å². The van der Waals surface area contributed by atoms with Crippen LogP contribution in [0.2, 0.25) is 0 Å². The summed E-state index contributed by atoms with van der Waals surface area (Å²) in [6, 6.07) is 19.3. The summed E-state index contributed by atoms with van der Waals surface area (Å²) >= 11 is 18.6. The standard InChI is InChI=1S/C13H9.2CHCl2.Hf/c1-3-7-12-10(5-1)9-11-6-2-4-8-13(11)12;2*2-1-3;/h1-9H;2*1H;/q3*-1;. The third-order valence-corrected chi connectivity index (χ3v) is 2.52. The van der Waals surface area contributed by atoms with Gasteiger partial charge >= 0.3 is 0 Å². The van der Waals surface area contributed by atoms with Crippen LogP contribution in [-0.4, -0.2) is 0 Å². The van der Waals surface area contributed by atoms with Gasteiger partial charge in [0.25, 0.3) is 0 Å². The molecule has 0 saturated heterocycles. The molecule has 0 N–H and O–H groups in total. The van der Waals surface area contributed by atoms with Gasteiger partial charge in [-0.3, -0.25) is 0 Å². The molecule has 3 rings (SSSR count). The molecular weight excluding hydrogens is 500 g/mol. The summed E-state index contributed by atoms with van der Waals surface area (Å²) < 4.78 is 0. The fraction of sp³-hybridized carbons (Fsp3) is 0. The minimum Gasteiger partial charge on any atom is -0.333 e. The van der Waals surface area contributed by atoms with E-state index >= 15 is 0 Å².